The fourth-order valence-electron chi connectivity index (χ4n) is 1.80. The van der Waals surface area contributed by atoms with Crippen molar-refractivity contribution >= 4 is 23.3 Å². The highest BCUT2D eigenvalue weighted by molar-refractivity contribution is 6.30. The van der Waals surface area contributed by atoms with Crippen LogP contribution >= 0.6 is 11.6 Å². The van der Waals surface area contributed by atoms with Crippen molar-refractivity contribution in [3.05, 3.63) is 29.0 Å². The maximum absolute atomic E-state index is 13.5. The number of nitrogens with one attached hydrogen (secondary N) is 2. The first-order valence-corrected chi connectivity index (χ1v) is 7.11. The number of anilines is 1. The normalized spacial score (nSPS) is 13.6. The van der Waals surface area contributed by atoms with Gasteiger partial charge in [0.05, 0.1) is 11.3 Å². The van der Waals surface area contributed by atoms with Crippen LogP contribution in [0.15, 0.2) is 18.2 Å². The summed E-state index contributed by atoms with van der Waals surface area (Å²) in [5, 5.41) is 24.1. The van der Waals surface area contributed by atoms with E-state index in [1.807, 2.05) is 0 Å². The van der Waals surface area contributed by atoms with Crippen LogP contribution in [-0.2, 0) is 0 Å². The molecule has 0 unspecified atom stereocenters. The van der Waals surface area contributed by atoms with E-state index in [1.54, 1.807) is 6.92 Å². The van der Waals surface area contributed by atoms with Crippen LogP contribution < -0.4 is 10.6 Å². The number of hydrogen-bond acceptors (Lipinski definition) is 3. The Morgan fingerprint density at radius 3 is 2.76 bits per heavy atom. The van der Waals surface area contributed by atoms with E-state index in [1.165, 1.54) is 12.1 Å². The first-order chi connectivity index (χ1) is 9.90. The highest BCUT2D eigenvalue weighted by atomic mass is 35.5. The Morgan fingerprint density at radius 2 is 2.19 bits per heavy atom. The zero-order chi connectivity index (χ0) is 15.9. The number of carbonyl (C=O) groups is 1. The van der Waals surface area contributed by atoms with Crippen molar-refractivity contribution in [2.24, 2.45) is 0 Å². The lowest BCUT2D eigenvalue weighted by atomic mass is 9.95. The molecule has 5 nitrogen and oxygen atoms in total. The number of benzene rings is 1. The lowest BCUT2D eigenvalue weighted by Gasteiger charge is -2.26. The molecule has 0 saturated heterocycles. The van der Waals surface area contributed by atoms with Gasteiger partial charge in [0.15, 0.2) is 0 Å². The van der Waals surface area contributed by atoms with E-state index in [2.05, 4.69) is 10.6 Å². The average molecular weight is 319 g/mol. The minimum atomic E-state index is -1.08. The molecule has 0 aliphatic rings. The van der Waals surface area contributed by atoms with Gasteiger partial charge in [0, 0.05) is 18.2 Å². The van der Waals surface area contributed by atoms with Crippen LogP contribution in [0.4, 0.5) is 14.9 Å². The summed E-state index contributed by atoms with van der Waals surface area (Å²) in [6.45, 7) is 1.78. The number of rotatable bonds is 7. The van der Waals surface area contributed by atoms with Gasteiger partial charge in [0.1, 0.15) is 5.82 Å². The first-order valence-electron chi connectivity index (χ1n) is 6.73. The van der Waals surface area contributed by atoms with Crippen LogP contribution in [0.2, 0.25) is 5.02 Å². The summed E-state index contributed by atoms with van der Waals surface area (Å²) in [6.07, 6.45) is 1.25. The van der Waals surface area contributed by atoms with Gasteiger partial charge in [-0.2, -0.15) is 0 Å². The minimum absolute atomic E-state index is 0.00676. The van der Waals surface area contributed by atoms with E-state index in [-0.39, 0.29) is 23.9 Å². The lowest BCUT2D eigenvalue weighted by Crippen LogP contribution is -2.44. The van der Waals surface area contributed by atoms with Crippen molar-refractivity contribution in [2.75, 3.05) is 18.5 Å². The van der Waals surface area contributed by atoms with Gasteiger partial charge in [-0.05, 0) is 37.5 Å². The highest BCUT2D eigenvalue weighted by Gasteiger charge is 2.24. The second kappa shape index (κ2) is 8.17. The SMILES string of the molecule is CC[C@](O)(CCCO)CNC(=O)Nc1ccc(Cl)cc1F. The third-order valence-corrected chi connectivity index (χ3v) is 3.45. The van der Waals surface area contributed by atoms with Crippen molar-refractivity contribution in [2.45, 2.75) is 31.8 Å². The molecule has 0 heterocycles. The second-order valence-corrected chi connectivity index (χ2v) is 5.27. The smallest absolute Gasteiger partial charge is 0.319 e. The van der Waals surface area contributed by atoms with E-state index >= 15 is 0 Å². The van der Waals surface area contributed by atoms with E-state index in [4.69, 9.17) is 16.7 Å². The maximum Gasteiger partial charge on any atom is 0.319 e. The fourth-order valence-corrected chi connectivity index (χ4v) is 1.96. The van der Waals surface area contributed by atoms with Crippen molar-refractivity contribution in [3.8, 4) is 0 Å². The predicted octanol–water partition coefficient (Wildman–Crippen LogP) is 2.51. The van der Waals surface area contributed by atoms with Gasteiger partial charge >= 0.3 is 6.03 Å². The minimum Gasteiger partial charge on any atom is -0.396 e. The number of aliphatic hydroxyl groups excluding tert-OH is 1. The largest absolute Gasteiger partial charge is 0.396 e. The van der Waals surface area contributed by atoms with E-state index in [9.17, 15) is 14.3 Å². The Balaban J connectivity index is 2.53. The molecule has 1 aromatic rings. The molecule has 1 aromatic carbocycles. The molecule has 0 saturated carbocycles. The topological polar surface area (TPSA) is 81.6 Å². The summed E-state index contributed by atoms with van der Waals surface area (Å²) in [5.74, 6) is -0.635. The molecule has 2 amide bonds. The molecule has 0 aromatic heterocycles. The molecule has 21 heavy (non-hydrogen) atoms. The monoisotopic (exact) mass is 318 g/mol. The molecule has 0 aliphatic carbocycles. The number of aliphatic hydroxyl groups is 2. The number of halogens is 2. The molecule has 0 fully saturated rings. The molecular weight excluding hydrogens is 299 g/mol. The lowest BCUT2D eigenvalue weighted by molar-refractivity contribution is 0.0243. The summed E-state index contributed by atoms with van der Waals surface area (Å²) in [5.41, 5.74) is -1.08. The van der Waals surface area contributed by atoms with Crippen LogP contribution in [-0.4, -0.2) is 35.0 Å². The quantitative estimate of drug-likeness (QED) is 0.623. The third-order valence-electron chi connectivity index (χ3n) is 3.22. The Hall–Kier alpha value is -1.37. The number of hydrogen-bond donors (Lipinski definition) is 4. The van der Waals surface area contributed by atoms with E-state index < -0.39 is 17.4 Å². The molecule has 0 radical (unpaired) electrons. The Bertz CT molecular complexity index is 487. The van der Waals surface area contributed by atoms with Gasteiger partial charge in [-0.3, -0.25) is 0 Å². The van der Waals surface area contributed by atoms with Gasteiger partial charge < -0.3 is 20.8 Å². The van der Waals surface area contributed by atoms with Gasteiger partial charge in [-0.15, -0.1) is 0 Å². The summed E-state index contributed by atoms with van der Waals surface area (Å²) in [4.78, 5) is 11.7. The average Bonchev–Trinajstić information content (AvgIpc) is 2.46. The Morgan fingerprint density at radius 1 is 1.48 bits per heavy atom. The van der Waals surface area contributed by atoms with Crippen molar-refractivity contribution in [1.29, 1.82) is 0 Å². The summed E-state index contributed by atoms with van der Waals surface area (Å²) < 4.78 is 13.5. The van der Waals surface area contributed by atoms with Gasteiger partial charge in [-0.1, -0.05) is 18.5 Å². The zero-order valence-corrected chi connectivity index (χ0v) is 12.6. The van der Waals surface area contributed by atoms with Gasteiger partial charge in [-0.25, -0.2) is 9.18 Å². The molecule has 4 N–H and O–H groups in total. The third kappa shape index (κ3) is 5.87. The summed E-state index contributed by atoms with van der Waals surface area (Å²) in [6, 6.07) is 3.30. The van der Waals surface area contributed by atoms with Crippen LogP contribution in [0.5, 0.6) is 0 Å². The van der Waals surface area contributed by atoms with Gasteiger partial charge in [0.2, 0.25) is 0 Å². The molecule has 118 valence electrons. The fraction of sp³-hybridized carbons (Fsp3) is 0.500. The number of carbonyl (C=O) groups excluding carboxylic acids is 1. The first kappa shape index (κ1) is 17.7. The second-order valence-electron chi connectivity index (χ2n) is 4.84. The van der Waals surface area contributed by atoms with E-state index in [0.29, 0.717) is 19.3 Å². The molecule has 7 heteroatoms. The Kier molecular flexibility index (Phi) is 6.87. The van der Waals surface area contributed by atoms with Crippen LogP contribution in [0.3, 0.4) is 0 Å². The van der Waals surface area contributed by atoms with Crippen LogP contribution in [0.25, 0.3) is 0 Å². The molecule has 0 bridgehead atoms. The zero-order valence-electron chi connectivity index (χ0n) is 11.8. The van der Waals surface area contributed by atoms with Crippen LogP contribution in [0.1, 0.15) is 26.2 Å². The maximum atomic E-state index is 13.5. The van der Waals surface area contributed by atoms with E-state index in [0.717, 1.165) is 6.07 Å². The molecular formula is C14H20ClFN2O3. The molecule has 0 aliphatic heterocycles. The summed E-state index contributed by atoms with van der Waals surface area (Å²) in [7, 11) is 0. The van der Waals surface area contributed by atoms with Crippen molar-refractivity contribution in [1.82, 2.24) is 5.32 Å². The number of urea groups is 1. The van der Waals surface area contributed by atoms with Gasteiger partial charge in [0.25, 0.3) is 0 Å². The van der Waals surface area contributed by atoms with Crippen molar-refractivity contribution in [3.63, 3.8) is 0 Å². The highest BCUT2D eigenvalue weighted by Crippen LogP contribution is 2.19. The summed E-state index contributed by atoms with van der Waals surface area (Å²) >= 11 is 5.62. The standard InChI is InChI=1S/C14H20ClFN2O3/c1-2-14(21,6-3-7-19)9-17-13(20)18-12-5-4-10(15)8-11(12)16/h4-5,8,19,21H,2-3,6-7,9H2,1H3,(H2,17,18,20)/t14-/m0/s1. The Labute approximate surface area is 128 Å². The molecule has 1 rings (SSSR count). The molecule has 1 atom stereocenters. The predicted molar refractivity (Wildman–Crippen MR) is 80.0 cm³/mol. The molecule has 0 spiro atoms. The van der Waals surface area contributed by atoms with Crippen LogP contribution in [0, 0.1) is 5.82 Å². The van der Waals surface area contributed by atoms with Crippen molar-refractivity contribution < 1.29 is 19.4 Å². The number of amides is 2.